The van der Waals surface area contributed by atoms with Gasteiger partial charge in [-0.15, -0.1) is 0 Å². The minimum atomic E-state index is -6.09. The Morgan fingerprint density at radius 2 is 1.06 bits per heavy atom. The molecule has 0 aliphatic rings. The Bertz CT molecular complexity index is 1200. The highest BCUT2D eigenvalue weighted by Crippen LogP contribution is 2.35. The van der Waals surface area contributed by atoms with E-state index in [0.29, 0.717) is 0 Å². The van der Waals surface area contributed by atoms with Gasteiger partial charge in [0.1, 0.15) is 0 Å². The third-order valence-electron chi connectivity index (χ3n) is 4.21. The highest BCUT2D eigenvalue weighted by Gasteiger charge is 2.37. The van der Waals surface area contributed by atoms with Gasteiger partial charge in [0.25, 0.3) is 0 Å². The summed E-state index contributed by atoms with van der Waals surface area (Å²) >= 11 is 0. The number of fused-ring (bicyclic) bond motifs is 1. The molecule has 3 nitrogen and oxygen atoms in total. The number of hydrogen-bond acceptors (Lipinski definition) is 3. The summed E-state index contributed by atoms with van der Waals surface area (Å²) in [5, 5.41) is 2.64. The van der Waals surface area contributed by atoms with E-state index in [1.54, 1.807) is 0 Å². The Kier molecular flexibility index (Phi) is 7.04. The average molecular weight is 463 g/mol. The van der Waals surface area contributed by atoms with E-state index < -0.39 is 15.6 Å². The minimum absolute atomic E-state index is 0.0892. The lowest BCUT2D eigenvalue weighted by molar-refractivity contribution is -0.0517. The van der Waals surface area contributed by atoms with Crippen LogP contribution in [-0.4, -0.2) is 18.5 Å². The van der Waals surface area contributed by atoms with Crippen molar-refractivity contribution in [1.82, 2.24) is 0 Å². The Morgan fingerprint density at radius 1 is 0.645 bits per heavy atom. The monoisotopic (exact) mass is 462 g/mol. The second kappa shape index (κ2) is 9.55. The van der Waals surface area contributed by atoms with Gasteiger partial charge in [0.05, 0.1) is 10.9 Å². The van der Waals surface area contributed by atoms with Crippen LogP contribution in [0.4, 0.5) is 13.2 Å². The van der Waals surface area contributed by atoms with Crippen LogP contribution < -0.4 is 0 Å². The molecule has 4 aromatic carbocycles. The smallest absolute Gasteiger partial charge is 0.485 e. The van der Waals surface area contributed by atoms with E-state index in [9.17, 15) is 13.2 Å². The van der Waals surface area contributed by atoms with E-state index in [1.165, 1.54) is 25.5 Å². The van der Waals surface area contributed by atoms with Crippen molar-refractivity contribution >= 4 is 31.8 Å². The Morgan fingerprint density at radius 3 is 1.55 bits per heavy atom. The number of rotatable bonds is 3. The molecular weight excluding hydrogens is 445 g/mol. The standard InChI is InChI=1S/C22H17S.CHF3O3S/c1-3-12-19(13-4-1)23(20-14-5-2-6-15-20)22-17-9-11-18-10-7-8-16-21(18)22;2-1(3,4)8(5,6)7/h1-17H;(H,5,6,7)/q+1;/p-1. The van der Waals surface area contributed by atoms with Crippen molar-refractivity contribution in [3.05, 3.63) is 103 Å². The second-order valence-corrected chi connectivity index (χ2v) is 9.68. The zero-order chi connectivity index (χ0) is 22.5. The maximum Gasteiger partial charge on any atom is 0.485 e. The van der Waals surface area contributed by atoms with E-state index in [-0.39, 0.29) is 10.9 Å². The molecule has 0 aliphatic carbocycles. The third kappa shape index (κ3) is 5.66. The lowest BCUT2D eigenvalue weighted by atomic mass is 10.1. The predicted octanol–water partition coefficient (Wildman–Crippen LogP) is 5.99. The third-order valence-corrected chi connectivity index (χ3v) is 7.06. The lowest BCUT2D eigenvalue weighted by Crippen LogP contribution is -2.21. The van der Waals surface area contributed by atoms with Crippen LogP contribution >= 0.6 is 0 Å². The first kappa shape index (κ1) is 22.9. The molecule has 0 radical (unpaired) electrons. The molecule has 31 heavy (non-hydrogen) atoms. The van der Waals surface area contributed by atoms with E-state index in [1.807, 2.05) is 0 Å². The molecule has 0 heterocycles. The van der Waals surface area contributed by atoms with Crippen LogP contribution in [0.3, 0.4) is 0 Å². The highest BCUT2D eigenvalue weighted by atomic mass is 32.2. The van der Waals surface area contributed by atoms with Gasteiger partial charge in [0.15, 0.2) is 24.8 Å². The number of benzene rings is 4. The summed E-state index contributed by atoms with van der Waals surface area (Å²) in [5.74, 6) is 0. The zero-order valence-electron chi connectivity index (χ0n) is 16.0. The normalized spacial score (nSPS) is 11.8. The van der Waals surface area contributed by atoms with Crippen molar-refractivity contribution in [1.29, 1.82) is 0 Å². The maximum atomic E-state index is 10.7. The van der Waals surface area contributed by atoms with Crippen molar-refractivity contribution in [2.45, 2.75) is 20.2 Å². The molecule has 0 saturated heterocycles. The van der Waals surface area contributed by atoms with Crippen LogP contribution in [0.5, 0.6) is 0 Å². The molecule has 0 bridgehead atoms. The fourth-order valence-corrected chi connectivity index (χ4v) is 5.14. The Balaban J connectivity index is 0.000000293. The number of halogens is 3. The van der Waals surface area contributed by atoms with Gasteiger partial charge < -0.3 is 4.55 Å². The van der Waals surface area contributed by atoms with E-state index >= 15 is 0 Å². The molecule has 0 saturated carbocycles. The van der Waals surface area contributed by atoms with Crippen LogP contribution in [0.2, 0.25) is 0 Å². The van der Waals surface area contributed by atoms with Gasteiger partial charge in [-0.3, -0.25) is 0 Å². The molecule has 0 N–H and O–H groups in total. The van der Waals surface area contributed by atoms with Crippen molar-refractivity contribution in [3.63, 3.8) is 0 Å². The van der Waals surface area contributed by atoms with Crippen LogP contribution in [0.15, 0.2) is 118 Å². The fourth-order valence-electron chi connectivity index (χ4n) is 2.88. The van der Waals surface area contributed by atoms with Crippen LogP contribution in [0.25, 0.3) is 10.8 Å². The van der Waals surface area contributed by atoms with Gasteiger partial charge in [-0.1, -0.05) is 66.7 Å². The summed E-state index contributed by atoms with van der Waals surface area (Å²) in [6.45, 7) is 0. The number of alkyl halides is 3. The van der Waals surface area contributed by atoms with Crippen LogP contribution in [0, 0.1) is 0 Å². The highest BCUT2D eigenvalue weighted by molar-refractivity contribution is 7.97. The van der Waals surface area contributed by atoms with Gasteiger partial charge in [-0.25, -0.2) is 8.42 Å². The largest absolute Gasteiger partial charge is 0.741 e. The molecule has 0 fully saturated rings. The van der Waals surface area contributed by atoms with Gasteiger partial charge in [0, 0.05) is 5.39 Å². The van der Waals surface area contributed by atoms with Crippen molar-refractivity contribution in [2.24, 2.45) is 0 Å². The Hall–Kier alpha value is -2.81. The van der Waals surface area contributed by atoms with Gasteiger partial charge in [0.2, 0.25) is 0 Å². The van der Waals surface area contributed by atoms with E-state index in [2.05, 4.69) is 103 Å². The first-order chi connectivity index (χ1) is 14.7. The van der Waals surface area contributed by atoms with Gasteiger partial charge >= 0.3 is 5.51 Å². The van der Waals surface area contributed by atoms with Gasteiger partial charge in [-0.05, 0) is 41.8 Å². The molecule has 4 aromatic rings. The second-order valence-electron chi connectivity index (χ2n) is 6.31. The lowest BCUT2D eigenvalue weighted by Gasteiger charge is -2.10. The summed E-state index contributed by atoms with van der Waals surface area (Å²) in [5.41, 5.74) is -5.65. The van der Waals surface area contributed by atoms with Crippen molar-refractivity contribution < 1.29 is 26.1 Å². The van der Waals surface area contributed by atoms with Gasteiger partial charge in [-0.2, -0.15) is 13.2 Å². The summed E-state index contributed by atoms with van der Waals surface area (Å²) in [4.78, 5) is 4.10. The quantitative estimate of drug-likeness (QED) is 0.214. The van der Waals surface area contributed by atoms with Crippen molar-refractivity contribution in [3.8, 4) is 0 Å². The molecule has 0 spiro atoms. The molecular formula is C23H17F3O3S2. The molecule has 0 aromatic heterocycles. The minimum Gasteiger partial charge on any atom is -0.741 e. The topological polar surface area (TPSA) is 57.2 Å². The molecule has 0 aliphatic heterocycles. The number of hydrogen-bond donors (Lipinski definition) is 0. The molecule has 0 unspecified atom stereocenters. The summed E-state index contributed by atoms with van der Waals surface area (Å²) in [6, 6.07) is 36.9. The van der Waals surface area contributed by atoms with Crippen molar-refractivity contribution in [2.75, 3.05) is 0 Å². The summed E-state index contributed by atoms with van der Waals surface area (Å²) in [7, 11) is -6.18. The first-order valence-electron chi connectivity index (χ1n) is 9.03. The first-order valence-corrected chi connectivity index (χ1v) is 11.7. The molecule has 0 atom stereocenters. The molecule has 8 heteroatoms. The SMILES string of the molecule is O=S(=O)([O-])C(F)(F)F.c1ccc([S+](c2ccccc2)c2cccc3ccccc23)cc1. The van der Waals surface area contributed by atoms with Crippen LogP contribution in [0.1, 0.15) is 0 Å². The molecule has 0 amide bonds. The molecule has 160 valence electrons. The van der Waals surface area contributed by atoms with Crippen LogP contribution in [-0.2, 0) is 21.0 Å². The van der Waals surface area contributed by atoms with E-state index in [4.69, 9.17) is 13.0 Å². The summed E-state index contributed by atoms with van der Waals surface area (Å²) in [6.07, 6.45) is 0. The molecule has 4 rings (SSSR count). The zero-order valence-corrected chi connectivity index (χ0v) is 17.6. The fraction of sp³-hybridized carbons (Fsp3) is 0.0435. The predicted molar refractivity (Wildman–Crippen MR) is 115 cm³/mol. The van der Waals surface area contributed by atoms with E-state index in [0.717, 1.165) is 0 Å². The average Bonchev–Trinajstić information content (AvgIpc) is 2.75. The Labute approximate surface area is 181 Å². The maximum absolute atomic E-state index is 10.7. The summed E-state index contributed by atoms with van der Waals surface area (Å²) < 4.78 is 58.9.